The number of rotatable bonds is 3. The minimum atomic E-state index is 0.172. The Labute approximate surface area is 124 Å². The van der Waals surface area contributed by atoms with Gasteiger partial charge in [-0.15, -0.1) is 11.3 Å². The summed E-state index contributed by atoms with van der Waals surface area (Å²) in [5, 5.41) is 6.32. The van der Waals surface area contributed by atoms with Crippen molar-refractivity contribution in [2.24, 2.45) is 0 Å². The van der Waals surface area contributed by atoms with Crippen LogP contribution in [0.3, 0.4) is 0 Å². The van der Waals surface area contributed by atoms with Crippen molar-refractivity contribution in [3.63, 3.8) is 0 Å². The van der Waals surface area contributed by atoms with Crippen LogP contribution in [0.2, 0.25) is 5.02 Å². The third-order valence-electron chi connectivity index (χ3n) is 3.91. The summed E-state index contributed by atoms with van der Waals surface area (Å²) in [6.07, 6.45) is 0. The zero-order valence-corrected chi connectivity index (χ0v) is 13.7. The Bertz CT molecular complexity index is 575. The average Bonchev–Trinajstić information content (AvgIpc) is 2.78. The molecule has 1 N–H and O–H groups in total. The highest BCUT2D eigenvalue weighted by molar-refractivity contribution is 7.10. The largest absolute Gasteiger partial charge is 0.309 e. The van der Waals surface area contributed by atoms with E-state index in [-0.39, 0.29) is 6.04 Å². The number of halogens is 1. The summed E-state index contributed by atoms with van der Waals surface area (Å²) in [7, 11) is 2.00. The quantitative estimate of drug-likeness (QED) is 0.845. The van der Waals surface area contributed by atoms with Crippen molar-refractivity contribution in [1.29, 1.82) is 0 Å². The van der Waals surface area contributed by atoms with Crippen LogP contribution in [0, 0.1) is 27.7 Å². The number of benzene rings is 1. The molecule has 1 aromatic heterocycles. The normalized spacial score (nSPS) is 12.7. The number of nitrogens with one attached hydrogen (secondary N) is 1. The Morgan fingerprint density at radius 2 is 1.68 bits per heavy atom. The lowest BCUT2D eigenvalue weighted by Crippen LogP contribution is -2.20. The van der Waals surface area contributed by atoms with Gasteiger partial charge in [-0.1, -0.05) is 17.7 Å². The summed E-state index contributed by atoms with van der Waals surface area (Å²) in [6, 6.07) is 4.40. The van der Waals surface area contributed by atoms with E-state index < -0.39 is 0 Å². The first-order valence-corrected chi connectivity index (χ1v) is 7.70. The highest BCUT2D eigenvalue weighted by atomic mass is 35.5. The third-order valence-corrected chi connectivity index (χ3v) is 5.33. The molecule has 0 amide bonds. The first-order chi connectivity index (χ1) is 8.97. The van der Waals surface area contributed by atoms with E-state index in [1.807, 2.05) is 13.1 Å². The summed E-state index contributed by atoms with van der Waals surface area (Å²) in [5.41, 5.74) is 6.75. The summed E-state index contributed by atoms with van der Waals surface area (Å²) < 4.78 is 0. The van der Waals surface area contributed by atoms with Gasteiger partial charge in [-0.25, -0.2) is 0 Å². The van der Waals surface area contributed by atoms with Gasteiger partial charge in [0.05, 0.1) is 11.1 Å². The van der Waals surface area contributed by atoms with Crippen LogP contribution in [0.5, 0.6) is 0 Å². The van der Waals surface area contributed by atoms with Gasteiger partial charge in [0.15, 0.2) is 0 Å². The maximum absolute atomic E-state index is 6.32. The van der Waals surface area contributed by atoms with E-state index in [1.54, 1.807) is 11.3 Å². The molecular formula is C16H20ClNS. The molecule has 2 aromatic rings. The Balaban J connectivity index is 2.66. The first kappa shape index (κ1) is 14.6. The summed E-state index contributed by atoms with van der Waals surface area (Å²) in [4.78, 5) is 1.19. The van der Waals surface area contributed by atoms with Gasteiger partial charge in [-0.3, -0.25) is 0 Å². The zero-order chi connectivity index (χ0) is 14.2. The second-order valence-electron chi connectivity index (χ2n) is 5.03. The molecule has 1 unspecified atom stereocenters. The van der Waals surface area contributed by atoms with E-state index in [9.17, 15) is 0 Å². The molecule has 0 saturated heterocycles. The number of hydrogen-bond acceptors (Lipinski definition) is 2. The maximum Gasteiger partial charge on any atom is 0.0689 e. The second kappa shape index (κ2) is 5.66. The van der Waals surface area contributed by atoms with Crippen LogP contribution in [0.4, 0.5) is 0 Å². The van der Waals surface area contributed by atoms with Gasteiger partial charge in [-0.2, -0.15) is 0 Å². The molecule has 0 spiro atoms. The molecule has 19 heavy (non-hydrogen) atoms. The summed E-state index contributed by atoms with van der Waals surface area (Å²) in [6.45, 7) is 8.74. The topological polar surface area (TPSA) is 12.0 Å². The molecule has 0 saturated carbocycles. The number of hydrogen-bond donors (Lipinski definition) is 1. The Kier molecular flexibility index (Phi) is 4.34. The Morgan fingerprint density at radius 3 is 2.11 bits per heavy atom. The molecule has 3 heteroatoms. The van der Waals surface area contributed by atoms with Gasteiger partial charge < -0.3 is 5.32 Å². The lowest BCUT2D eigenvalue weighted by Gasteiger charge is -2.23. The minimum absolute atomic E-state index is 0.172. The first-order valence-electron chi connectivity index (χ1n) is 6.44. The highest BCUT2D eigenvalue weighted by Crippen LogP contribution is 2.37. The molecule has 0 aliphatic rings. The molecule has 1 aromatic carbocycles. The minimum Gasteiger partial charge on any atom is -0.309 e. The molecular weight excluding hydrogens is 274 g/mol. The fourth-order valence-electron chi connectivity index (χ4n) is 2.60. The summed E-state index contributed by atoms with van der Waals surface area (Å²) >= 11 is 8.03. The monoisotopic (exact) mass is 293 g/mol. The van der Waals surface area contributed by atoms with Crippen LogP contribution in [0.1, 0.15) is 38.7 Å². The fraction of sp³-hybridized carbons (Fsp3) is 0.375. The van der Waals surface area contributed by atoms with Gasteiger partial charge in [0, 0.05) is 4.88 Å². The highest BCUT2D eigenvalue weighted by Gasteiger charge is 2.21. The van der Waals surface area contributed by atoms with E-state index >= 15 is 0 Å². The van der Waals surface area contributed by atoms with E-state index in [0.29, 0.717) is 0 Å². The van der Waals surface area contributed by atoms with E-state index in [4.69, 9.17) is 11.6 Å². The molecule has 1 nitrogen and oxygen atoms in total. The standard InChI is InChI=1S/C16H20ClNS/c1-9-8-10(2)12(4)14(11(9)3)15(18-5)16-13(17)6-7-19-16/h6-8,15,18H,1-5H3. The van der Waals surface area contributed by atoms with Crippen LogP contribution in [-0.2, 0) is 0 Å². The lowest BCUT2D eigenvalue weighted by atomic mass is 9.89. The zero-order valence-electron chi connectivity index (χ0n) is 12.1. The van der Waals surface area contributed by atoms with Crippen molar-refractivity contribution >= 4 is 22.9 Å². The molecule has 0 bridgehead atoms. The van der Waals surface area contributed by atoms with Gasteiger partial charge in [0.2, 0.25) is 0 Å². The van der Waals surface area contributed by atoms with Crippen molar-refractivity contribution < 1.29 is 0 Å². The van der Waals surface area contributed by atoms with Crippen LogP contribution in [-0.4, -0.2) is 7.05 Å². The Hall–Kier alpha value is -0.830. The van der Waals surface area contributed by atoms with Crippen molar-refractivity contribution in [3.8, 4) is 0 Å². The van der Waals surface area contributed by atoms with Crippen molar-refractivity contribution in [1.82, 2.24) is 5.32 Å². The molecule has 0 fully saturated rings. The lowest BCUT2D eigenvalue weighted by molar-refractivity contribution is 0.693. The van der Waals surface area contributed by atoms with E-state index in [0.717, 1.165) is 5.02 Å². The van der Waals surface area contributed by atoms with Crippen molar-refractivity contribution in [2.75, 3.05) is 7.05 Å². The van der Waals surface area contributed by atoms with E-state index in [1.165, 1.54) is 32.7 Å². The number of aryl methyl sites for hydroxylation is 2. The molecule has 102 valence electrons. The van der Waals surface area contributed by atoms with Gasteiger partial charge in [0.25, 0.3) is 0 Å². The third kappa shape index (κ3) is 2.58. The second-order valence-corrected chi connectivity index (χ2v) is 6.38. The number of thiophene rings is 1. The van der Waals surface area contributed by atoms with Crippen LogP contribution >= 0.6 is 22.9 Å². The van der Waals surface area contributed by atoms with Gasteiger partial charge in [0.1, 0.15) is 0 Å². The van der Waals surface area contributed by atoms with Crippen molar-refractivity contribution in [3.05, 3.63) is 55.2 Å². The fourth-order valence-corrected chi connectivity index (χ4v) is 3.88. The van der Waals surface area contributed by atoms with Gasteiger partial charge in [-0.05, 0) is 74.0 Å². The predicted molar refractivity (Wildman–Crippen MR) is 85.6 cm³/mol. The summed E-state index contributed by atoms with van der Waals surface area (Å²) in [5.74, 6) is 0. The van der Waals surface area contributed by atoms with Crippen molar-refractivity contribution in [2.45, 2.75) is 33.7 Å². The molecule has 1 heterocycles. The molecule has 0 aliphatic heterocycles. The predicted octanol–water partition coefficient (Wildman–Crippen LogP) is 4.94. The molecule has 0 aliphatic carbocycles. The molecule has 1 atom stereocenters. The molecule has 0 radical (unpaired) electrons. The van der Waals surface area contributed by atoms with Gasteiger partial charge >= 0.3 is 0 Å². The SMILES string of the molecule is CNC(c1sccc1Cl)c1c(C)c(C)cc(C)c1C. The Morgan fingerprint density at radius 1 is 1.11 bits per heavy atom. The molecule has 2 rings (SSSR count). The van der Waals surface area contributed by atoms with Crippen LogP contribution in [0.25, 0.3) is 0 Å². The van der Waals surface area contributed by atoms with E-state index in [2.05, 4.69) is 44.5 Å². The van der Waals surface area contributed by atoms with Crippen LogP contribution in [0.15, 0.2) is 17.5 Å². The smallest absolute Gasteiger partial charge is 0.0689 e. The van der Waals surface area contributed by atoms with Crippen LogP contribution < -0.4 is 5.32 Å². The maximum atomic E-state index is 6.32. The average molecular weight is 294 g/mol.